The Bertz CT molecular complexity index is 960. The number of anilines is 1. The number of nitrogens with zero attached hydrogens (tertiary/aromatic N) is 1. The highest BCUT2D eigenvalue weighted by molar-refractivity contribution is 6.18. The summed E-state index contributed by atoms with van der Waals surface area (Å²) in [6, 6.07) is 11.9. The number of ketones is 1. The maximum atomic E-state index is 13.9. The van der Waals surface area contributed by atoms with Gasteiger partial charge in [0.2, 0.25) is 5.91 Å². The van der Waals surface area contributed by atoms with E-state index < -0.39 is 41.0 Å². The average molecular weight is 354 g/mol. The van der Waals surface area contributed by atoms with E-state index in [0.29, 0.717) is 11.3 Å². The fraction of sp³-hybridized carbons (Fsp3) is 0.211. The summed E-state index contributed by atoms with van der Waals surface area (Å²) in [5.41, 5.74) is -0.801. The Labute approximate surface area is 148 Å². The Morgan fingerprint density at radius 1 is 1.08 bits per heavy atom. The van der Waals surface area contributed by atoms with Gasteiger partial charge in [0.15, 0.2) is 5.78 Å². The summed E-state index contributed by atoms with van der Waals surface area (Å²) in [7, 11) is 1.25. The number of rotatable bonds is 2. The predicted octanol–water partition coefficient (Wildman–Crippen LogP) is 1.31. The Morgan fingerprint density at radius 2 is 1.81 bits per heavy atom. The van der Waals surface area contributed by atoms with Gasteiger partial charge in [0.1, 0.15) is 23.4 Å². The number of aliphatic hydroxyl groups excluding tert-OH is 1. The molecule has 2 aromatic rings. The van der Waals surface area contributed by atoms with Gasteiger partial charge in [0, 0.05) is 18.3 Å². The van der Waals surface area contributed by atoms with Crippen LogP contribution in [-0.4, -0.2) is 40.8 Å². The number of likely N-dealkylation sites (tertiary alicyclic amines) is 1. The van der Waals surface area contributed by atoms with Crippen LogP contribution in [0.2, 0.25) is 0 Å². The molecular formula is C19H15FN2O4. The van der Waals surface area contributed by atoms with Crippen molar-refractivity contribution < 1.29 is 23.9 Å². The van der Waals surface area contributed by atoms with Crippen molar-refractivity contribution in [1.29, 1.82) is 0 Å². The SMILES string of the molecule is CN1C(=O)C(O)C(C2(c3cccc(F)c3)Nc3ccccc3C2=O)C1=O. The van der Waals surface area contributed by atoms with E-state index in [2.05, 4.69) is 5.32 Å². The van der Waals surface area contributed by atoms with Crippen LogP contribution in [0.5, 0.6) is 0 Å². The molecule has 7 heteroatoms. The Balaban J connectivity index is 1.98. The number of Topliss-reactive ketones (excluding diaryl/α,β-unsaturated/α-hetero) is 1. The zero-order chi connectivity index (χ0) is 18.6. The van der Waals surface area contributed by atoms with Crippen LogP contribution in [0.4, 0.5) is 10.1 Å². The molecule has 2 amide bonds. The van der Waals surface area contributed by atoms with Gasteiger partial charge >= 0.3 is 0 Å². The largest absolute Gasteiger partial charge is 0.382 e. The molecule has 1 saturated heterocycles. The van der Waals surface area contributed by atoms with Gasteiger partial charge in [-0.2, -0.15) is 0 Å². The summed E-state index contributed by atoms with van der Waals surface area (Å²) in [5.74, 6) is -3.96. The number of fused-ring (bicyclic) bond motifs is 1. The van der Waals surface area contributed by atoms with Crippen molar-refractivity contribution in [3.63, 3.8) is 0 Å². The lowest BCUT2D eigenvalue weighted by Crippen LogP contribution is -2.52. The topological polar surface area (TPSA) is 86.7 Å². The lowest BCUT2D eigenvalue weighted by Gasteiger charge is -2.34. The molecule has 2 N–H and O–H groups in total. The van der Waals surface area contributed by atoms with E-state index in [1.165, 1.54) is 25.2 Å². The zero-order valence-corrected chi connectivity index (χ0v) is 13.8. The van der Waals surface area contributed by atoms with Gasteiger partial charge in [-0.15, -0.1) is 0 Å². The van der Waals surface area contributed by atoms with E-state index in [1.54, 1.807) is 24.3 Å². The number of imide groups is 1. The molecule has 26 heavy (non-hydrogen) atoms. The van der Waals surface area contributed by atoms with Gasteiger partial charge < -0.3 is 10.4 Å². The molecular weight excluding hydrogens is 339 g/mol. The third kappa shape index (κ3) is 1.97. The summed E-state index contributed by atoms with van der Waals surface area (Å²) >= 11 is 0. The van der Waals surface area contributed by atoms with E-state index in [9.17, 15) is 23.9 Å². The second kappa shape index (κ2) is 5.47. The first-order valence-electron chi connectivity index (χ1n) is 8.05. The number of aliphatic hydroxyl groups is 1. The predicted molar refractivity (Wildman–Crippen MR) is 89.7 cm³/mol. The van der Waals surface area contributed by atoms with Crippen molar-refractivity contribution in [2.24, 2.45) is 5.92 Å². The summed E-state index contributed by atoms with van der Waals surface area (Å²) in [4.78, 5) is 39.0. The van der Waals surface area contributed by atoms with Crippen LogP contribution in [0.1, 0.15) is 15.9 Å². The Kier molecular flexibility index (Phi) is 3.45. The summed E-state index contributed by atoms with van der Waals surface area (Å²) in [6.45, 7) is 0. The molecule has 0 bridgehead atoms. The molecule has 2 aromatic carbocycles. The van der Waals surface area contributed by atoms with Gasteiger partial charge in [0.25, 0.3) is 5.91 Å². The number of hydrogen-bond donors (Lipinski definition) is 2. The van der Waals surface area contributed by atoms with Crippen LogP contribution in [0.15, 0.2) is 48.5 Å². The number of carbonyl (C=O) groups excluding carboxylic acids is 3. The van der Waals surface area contributed by atoms with Crippen molar-refractivity contribution in [3.05, 3.63) is 65.5 Å². The third-order valence-electron chi connectivity index (χ3n) is 5.10. The number of amides is 2. The quantitative estimate of drug-likeness (QED) is 0.794. The molecule has 4 rings (SSSR count). The van der Waals surface area contributed by atoms with Crippen molar-refractivity contribution >= 4 is 23.3 Å². The molecule has 0 aromatic heterocycles. The Morgan fingerprint density at radius 3 is 2.42 bits per heavy atom. The molecule has 1 fully saturated rings. The van der Waals surface area contributed by atoms with E-state index in [4.69, 9.17) is 0 Å². The second-order valence-electron chi connectivity index (χ2n) is 6.48. The van der Waals surface area contributed by atoms with Gasteiger partial charge in [-0.3, -0.25) is 19.3 Å². The van der Waals surface area contributed by atoms with E-state index in [-0.39, 0.29) is 5.56 Å². The van der Waals surface area contributed by atoms with Crippen molar-refractivity contribution in [1.82, 2.24) is 4.90 Å². The van der Waals surface area contributed by atoms with Crippen molar-refractivity contribution in [2.45, 2.75) is 11.6 Å². The molecule has 132 valence electrons. The number of para-hydroxylation sites is 1. The number of nitrogens with one attached hydrogen (secondary N) is 1. The highest BCUT2D eigenvalue weighted by Crippen LogP contribution is 2.47. The number of halogens is 1. The molecule has 3 atom stereocenters. The summed E-state index contributed by atoms with van der Waals surface area (Å²) in [5, 5.41) is 13.5. The normalized spacial score (nSPS) is 27.7. The zero-order valence-electron chi connectivity index (χ0n) is 13.8. The minimum absolute atomic E-state index is 0.180. The molecule has 3 unspecified atom stereocenters. The van der Waals surface area contributed by atoms with E-state index in [0.717, 1.165) is 11.0 Å². The third-order valence-corrected chi connectivity index (χ3v) is 5.10. The number of carbonyl (C=O) groups is 3. The maximum absolute atomic E-state index is 13.9. The van der Waals surface area contributed by atoms with Gasteiger partial charge in [-0.1, -0.05) is 24.3 Å². The molecule has 0 radical (unpaired) electrons. The summed E-state index contributed by atoms with van der Waals surface area (Å²) in [6.07, 6.45) is -1.71. The molecule has 2 aliphatic heterocycles. The highest BCUT2D eigenvalue weighted by atomic mass is 19.1. The Hall–Kier alpha value is -3.06. The molecule has 0 saturated carbocycles. The van der Waals surface area contributed by atoms with Crippen LogP contribution in [0, 0.1) is 11.7 Å². The van der Waals surface area contributed by atoms with E-state index >= 15 is 0 Å². The van der Waals surface area contributed by atoms with Crippen molar-refractivity contribution in [3.8, 4) is 0 Å². The first kappa shape index (κ1) is 16.4. The number of likely N-dealkylation sites (N-methyl/N-ethyl adjacent to an activating group) is 1. The highest BCUT2D eigenvalue weighted by Gasteiger charge is 2.63. The number of benzene rings is 2. The first-order chi connectivity index (χ1) is 12.4. The summed E-state index contributed by atoms with van der Waals surface area (Å²) < 4.78 is 13.9. The van der Waals surface area contributed by atoms with Gasteiger partial charge in [-0.25, -0.2) is 4.39 Å². The van der Waals surface area contributed by atoms with Gasteiger partial charge in [0.05, 0.1) is 0 Å². The minimum Gasteiger partial charge on any atom is -0.382 e. The smallest absolute Gasteiger partial charge is 0.258 e. The van der Waals surface area contributed by atoms with Crippen LogP contribution in [0.25, 0.3) is 0 Å². The van der Waals surface area contributed by atoms with Crippen LogP contribution in [-0.2, 0) is 15.1 Å². The van der Waals surface area contributed by atoms with E-state index in [1.807, 2.05) is 0 Å². The molecule has 0 spiro atoms. The van der Waals surface area contributed by atoms with Crippen LogP contribution < -0.4 is 5.32 Å². The molecule has 0 aliphatic carbocycles. The standard InChI is InChI=1S/C19H15FN2O4/c1-22-17(25)14(15(23)18(22)26)19(10-5-4-6-11(20)9-10)16(24)12-7-2-3-8-13(12)21-19/h2-9,14-15,21,23H,1H3. The second-order valence-corrected chi connectivity index (χ2v) is 6.48. The molecule has 6 nitrogen and oxygen atoms in total. The minimum atomic E-state index is -1.76. The molecule has 2 aliphatic rings. The average Bonchev–Trinajstić information content (AvgIpc) is 3.03. The maximum Gasteiger partial charge on any atom is 0.258 e. The fourth-order valence-electron chi connectivity index (χ4n) is 3.82. The van der Waals surface area contributed by atoms with Crippen molar-refractivity contribution in [2.75, 3.05) is 12.4 Å². The van der Waals surface area contributed by atoms with Crippen LogP contribution in [0.3, 0.4) is 0 Å². The lowest BCUT2D eigenvalue weighted by molar-refractivity contribution is -0.139. The first-order valence-corrected chi connectivity index (χ1v) is 8.05. The van der Waals surface area contributed by atoms with Gasteiger partial charge in [-0.05, 0) is 29.8 Å². The monoisotopic (exact) mass is 354 g/mol. The number of hydrogen-bond acceptors (Lipinski definition) is 5. The van der Waals surface area contributed by atoms with Crippen LogP contribution >= 0.6 is 0 Å². The lowest BCUT2D eigenvalue weighted by atomic mass is 9.73. The molecule has 2 heterocycles. The fourth-order valence-corrected chi connectivity index (χ4v) is 3.82.